The topological polar surface area (TPSA) is 56.0 Å². The van der Waals surface area contributed by atoms with Crippen LogP contribution in [0.25, 0.3) is 6.08 Å². The van der Waals surface area contributed by atoms with Crippen molar-refractivity contribution in [2.45, 2.75) is 0 Å². The lowest BCUT2D eigenvalue weighted by Crippen LogP contribution is -1.89. The molecule has 0 saturated carbocycles. The number of aldehydes is 1. The third-order valence-electron chi connectivity index (χ3n) is 1.24. The van der Waals surface area contributed by atoms with Gasteiger partial charge in [-0.3, -0.25) is 9.78 Å². The van der Waals surface area contributed by atoms with Crippen molar-refractivity contribution in [3.8, 4) is 0 Å². The monoisotopic (exact) mass is 148 g/mol. The van der Waals surface area contributed by atoms with Gasteiger partial charge in [0.05, 0.1) is 11.9 Å². The second-order valence-corrected chi connectivity index (χ2v) is 2.00. The van der Waals surface area contributed by atoms with E-state index in [0.717, 1.165) is 5.56 Å². The fourth-order valence-corrected chi connectivity index (χ4v) is 0.712. The molecule has 0 amide bonds. The van der Waals surface area contributed by atoms with Crippen molar-refractivity contribution in [3.05, 3.63) is 30.1 Å². The number of nitrogens with zero attached hydrogens (tertiary/aromatic N) is 1. The van der Waals surface area contributed by atoms with Crippen LogP contribution < -0.4 is 5.73 Å². The number of nitrogen functional groups attached to an aromatic ring is 1. The lowest BCUT2D eigenvalue weighted by atomic mass is 10.2. The molecule has 0 aliphatic heterocycles. The van der Waals surface area contributed by atoms with Crippen LogP contribution in [0, 0.1) is 0 Å². The molecule has 0 atom stereocenters. The molecule has 3 heteroatoms. The Balaban J connectivity index is 2.94. The molecule has 1 aromatic rings. The maximum absolute atomic E-state index is 9.95. The number of nitrogens with two attached hydrogens (primary N) is 1. The van der Waals surface area contributed by atoms with Gasteiger partial charge in [-0.05, 0) is 18.2 Å². The summed E-state index contributed by atoms with van der Waals surface area (Å²) in [5.74, 6) is 0. The fraction of sp³-hybridized carbons (Fsp3) is 0. The molecule has 56 valence electrons. The first-order valence-corrected chi connectivity index (χ1v) is 3.16. The molecule has 0 aliphatic carbocycles. The summed E-state index contributed by atoms with van der Waals surface area (Å²) in [7, 11) is 0. The summed E-state index contributed by atoms with van der Waals surface area (Å²) in [4.78, 5) is 13.8. The van der Waals surface area contributed by atoms with E-state index >= 15 is 0 Å². The van der Waals surface area contributed by atoms with E-state index in [0.29, 0.717) is 12.0 Å². The van der Waals surface area contributed by atoms with Gasteiger partial charge >= 0.3 is 0 Å². The van der Waals surface area contributed by atoms with Gasteiger partial charge < -0.3 is 5.73 Å². The second kappa shape index (κ2) is 3.51. The summed E-state index contributed by atoms with van der Waals surface area (Å²) in [6.45, 7) is 0. The van der Waals surface area contributed by atoms with Crippen molar-refractivity contribution in [3.63, 3.8) is 0 Å². The number of rotatable bonds is 2. The predicted molar refractivity (Wildman–Crippen MR) is 43.7 cm³/mol. The molecule has 1 aromatic heterocycles. The number of pyridine rings is 1. The molecule has 0 bridgehead atoms. The molecular weight excluding hydrogens is 140 g/mol. The highest BCUT2D eigenvalue weighted by atomic mass is 16.1. The van der Waals surface area contributed by atoms with E-state index in [1.807, 2.05) is 0 Å². The van der Waals surface area contributed by atoms with Crippen LogP contribution in [0.2, 0.25) is 0 Å². The van der Waals surface area contributed by atoms with Gasteiger partial charge in [0.25, 0.3) is 0 Å². The van der Waals surface area contributed by atoms with Gasteiger partial charge in [0, 0.05) is 11.8 Å². The van der Waals surface area contributed by atoms with E-state index in [1.165, 1.54) is 6.08 Å². The summed E-state index contributed by atoms with van der Waals surface area (Å²) in [6, 6.07) is 1.75. The highest BCUT2D eigenvalue weighted by molar-refractivity contribution is 5.76. The van der Waals surface area contributed by atoms with Crippen molar-refractivity contribution in [2.75, 3.05) is 5.73 Å². The van der Waals surface area contributed by atoms with Crippen molar-refractivity contribution in [2.24, 2.45) is 0 Å². The Kier molecular flexibility index (Phi) is 2.38. The van der Waals surface area contributed by atoms with E-state index in [4.69, 9.17) is 5.73 Å². The van der Waals surface area contributed by atoms with Gasteiger partial charge in [0.2, 0.25) is 0 Å². The Bertz CT molecular complexity index is 281. The molecule has 1 heterocycles. The zero-order valence-electron chi connectivity index (χ0n) is 5.90. The van der Waals surface area contributed by atoms with Crippen LogP contribution in [-0.4, -0.2) is 11.3 Å². The van der Waals surface area contributed by atoms with E-state index in [1.54, 1.807) is 24.5 Å². The van der Waals surface area contributed by atoms with Gasteiger partial charge in [-0.2, -0.15) is 0 Å². The van der Waals surface area contributed by atoms with Gasteiger partial charge in [-0.15, -0.1) is 0 Å². The van der Waals surface area contributed by atoms with Crippen molar-refractivity contribution in [1.29, 1.82) is 0 Å². The Hall–Kier alpha value is -1.64. The van der Waals surface area contributed by atoms with Crippen LogP contribution in [0.5, 0.6) is 0 Å². The maximum atomic E-state index is 9.95. The minimum absolute atomic E-state index is 0.575. The quantitative estimate of drug-likeness (QED) is 0.500. The molecule has 2 N–H and O–H groups in total. The SMILES string of the molecule is Nc1cnccc1C=CC=O. The lowest BCUT2D eigenvalue weighted by Gasteiger charge is -1.95. The number of anilines is 1. The Morgan fingerprint density at radius 2 is 2.36 bits per heavy atom. The zero-order chi connectivity index (χ0) is 8.10. The second-order valence-electron chi connectivity index (χ2n) is 2.00. The van der Waals surface area contributed by atoms with Crippen LogP contribution >= 0.6 is 0 Å². The first kappa shape index (κ1) is 7.47. The summed E-state index contributed by atoms with van der Waals surface area (Å²) < 4.78 is 0. The average Bonchev–Trinajstić information content (AvgIpc) is 2.03. The minimum atomic E-state index is 0.575. The van der Waals surface area contributed by atoms with Crippen LogP contribution in [0.4, 0.5) is 5.69 Å². The van der Waals surface area contributed by atoms with Crippen molar-refractivity contribution >= 4 is 18.0 Å². The van der Waals surface area contributed by atoms with Crippen LogP contribution in [0.1, 0.15) is 5.56 Å². The minimum Gasteiger partial charge on any atom is -0.397 e. The molecular formula is C8H8N2O. The molecule has 0 radical (unpaired) electrons. The third-order valence-corrected chi connectivity index (χ3v) is 1.24. The number of aromatic nitrogens is 1. The van der Waals surface area contributed by atoms with E-state index in [9.17, 15) is 4.79 Å². The van der Waals surface area contributed by atoms with Gasteiger partial charge in [-0.1, -0.05) is 0 Å². The molecule has 11 heavy (non-hydrogen) atoms. The van der Waals surface area contributed by atoms with Gasteiger partial charge in [0.15, 0.2) is 0 Å². The summed E-state index contributed by atoms with van der Waals surface area (Å²) >= 11 is 0. The maximum Gasteiger partial charge on any atom is 0.142 e. The standard InChI is InChI=1S/C8H8N2O/c9-8-6-10-4-3-7(8)2-1-5-11/h1-6H,9H2. The van der Waals surface area contributed by atoms with Gasteiger partial charge in [-0.25, -0.2) is 0 Å². The first-order valence-electron chi connectivity index (χ1n) is 3.16. The molecule has 3 nitrogen and oxygen atoms in total. The number of carbonyl (C=O) groups is 1. The normalized spacial score (nSPS) is 10.2. The smallest absolute Gasteiger partial charge is 0.142 e. The Morgan fingerprint density at radius 3 is 3.00 bits per heavy atom. The summed E-state index contributed by atoms with van der Waals surface area (Å²) in [5, 5.41) is 0. The fourth-order valence-electron chi connectivity index (χ4n) is 0.712. The number of allylic oxidation sites excluding steroid dienone is 1. The van der Waals surface area contributed by atoms with Crippen molar-refractivity contribution < 1.29 is 4.79 Å². The number of carbonyl (C=O) groups excluding carboxylic acids is 1. The molecule has 0 fully saturated rings. The first-order chi connectivity index (χ1) is 5.34. The van der Waals surface area contributed by atoms with E-state index in [-0.39, 0.29) is 0 Å². The highest BCUT2D eigenvalue weighted by Crippen LogP contribution is 2.09. The number of hydrogen-bond donors (Lipinski definition) is 1. The largest absolute Gasteiger partial charge is 0.397 e. The Labute approximate surface area is 64.6 Å². The molecule has 0 unspecified atom stereocenters. The molecule has 0 saturated heterocycles. The average molecular weight is 148 g/mol. The molecule has 0 aromatic carbocycles. The highest BCUT2D eigenvalue weighted by Gasteiger charge is 1.90. The summed E-state index contributed by atoms with van der Waals surface area (Å²) in [5.41, 5.74) is 6.92. The van der Waals surface area contributed by atoms with Crippen LogP contribution in [-0.2, 0) is 4.79 Å². The molecule has 0 spiro atoms. The zero-order valence-corrected chi connectivity index (χ0v) is 5.90. The molecule has 0 aliphatic rings. The predicted octanol–water partition coefficient (Wildman–Crippen LogP) is 0.876. The molecule has 1 rings (SSSR count). The third kappa shape index (κ3) is 1.89. The van der Waals surface area contributed by atoms with E-state index < -0.39 is 0 Å². The summed E-state index contributed by atoms with van der Waals surface area (Å²) in [6.07, 6.45) is 6.92. The van der Waals surface area contributed by atoms with Gasteiger partial charge in [0.1, 0.15) is 6.29 Å². The Morgan fingerprint density at radius 1 is 1.55 bits per heavy atom. The van der Waals surface area contributed by atoms with Crippen LogP contribution in [0.3, 0.4) is 0 Å². The number of hydrogen-bond acceptors (Lipinski definition) is 3. The van der Waals surface area contributed by atoms with Crippen LogP contribution in [0.15, 0.2) is 24.5 Å². The van der Waals surface area contributed by atoms with Crippen molar-refractivity contribution in [1.82, 2.24) is 4.98 Å². The lowest BCUT2D eigenvalue weighted by molar-refractivity contribution is -0.104. The van der Waals surface area contributed by atoms with E-state index in [2.05, 4.69) is 4.98 Å².